The molecule has 1 aliphatic rings. The van der Waals surface area contributed by atoms with Crippen LogP contribution in [0.2, 0.25) is 0 Å². The molecule has 0 aromatic heterocycles. The lowest BCUT2D eigenvalue weighted by atomic mass is 9.99. The van der Waals surface area contributed by atoms with Crippen molar-refractivity contribution in [3.05, 3.63) is 28.7 Å². The fourth-order valence-electron chi connectivity index (χ4n) is 1.89. The normalized spacial score (nSPS) is 35.1. The average molecular weight is 335 g/mol. The van der Waals surface area contributed by atoms with Crippen molar-refractivity contribution in [1.82, 2.24) is 0 Å². The van der Waals surface area contributed by atoms with Crippen molar-refractivity contribution in [2.75, 3.05) is 6.61 Å². The lowest BCUT2D eigenvalue weighted by molar-refractivity contribution is -0.280. The highest BCUT2D eigenvalue weighted by Crippen LogP contribution is 2.29. The van der Waals surface area contributed by atoms with Crippen molar-refractivity contribution in [1.29, 1.82) is 0 Å². The SMILES string of the molecule is OC[C@H]1O[C@@H](O)[C@H](Oc2ccccc2Br)[C@@H](O)[C@@H]1O. The van der Waals surface area contributed by atoms with E-state index in [0.29, 0.717) is 10.2 Å². The highest BCUT2D eigenvalue weighted by Gasteiger charge is 2.45. The maximum absolute atomic E-state index is 9.92. The summed E-state index contributed by atoms with van der Waals surface area (Å²) in [5.41, 5.74) is 0. The average Bonchev–Trinajstić information content (AvgIpc) is 2.41. The third kappa shape index (κ3) is 3.07. The van der Waals surface area contributed by atoms with E-state index in [1.165, 1.54) is 0 Å². The Kier molecular flexibility index (Phi) is 4.77. The van der Waals surface area contributed by atoms with E-state index in [9.17, 15) is 15.3 Å². The van der Waals surface area contributed by atoms with Gasteiger partial charge in [0.25, 0.3) is 0 Å². The first-order chi connectivity index (χ1) is 9.04. The monoisotopic (exact) mass is 334 g/mol. The zero-order valence-electron chi connectivity index (χ0n) is 9.89. The Bertz CT molecular complexity index is 428. The van der Waals surface area contributed by atoms with Crippen molar-refractivity contribution in [2.45, 2.75) is 30.7 Å². The minimum atomic E-state index is -1.44. The van der Waals surface area contributed by atoms with Crippen LogP contribution in [0.15, 0.2) is 28.7 Å². The molecular formula is C12H15BrO6. The quantitative estimate of drug-likeness (QED) is 0.602. The Morgan fingerprint density at radius 1 is 1.16 bits per heavy atom. The predicted molar refractivity (Wildman–Crippen MR) is 68.5 cm³/mol. The molecule has 106 valence electrons. The van der Waals surface area contributed by atoms with E-state index < -0.39 is 37.3 Å². The molecule has 1 aromatic rings. The molecule has 1 saturated heterocycles. The van der Waals surface area contributed by atoms with Gasteiger partial charge in [-0.15, -0.1) is 0 Å². The summed E-state index contributed by atoms with van der Waals surface area (Å²) in [6.07, 6.45) is -6.32. The van der Waals surface area contributed by atoms with Crippen LogP contribution in [0.3, 0.4) is 0 Å². The minimum absolute atomic E-state index is 0.406. The maximum atomic E-state index is 9.92. The fraction of sp³-hybridized carbons (Fsp3) is 0.500. The summed E-state index contributed by atoms with van der Waals surface area (Å²) in [4.78, 5) is 0. The Morgan fingerprint density at radius 3 is 2.47 bits per heavy atom. The summed E-state index contributed by atoms with van der Waals surface area (Å²) in [6, 6.07) is 6.91. The molecule has 0 unspecified atom stereocenters. The highest BCUT2D eigenvalue weighted by atomic mass is 79.9. The van der Waals surface area contributed by atoms with E-state index in [4.69, 9.17) is 14.6 Å². The molecule has 6 nitrogen and oxygen atoms in total. The van der Waals surface area contributed by atoms with Crippen molar-refractivity contribution < 1.29 is 29.9 Å². The summed E-state index contributed by atoms with van der Waals surface area (Å²) in [5.74, 6) is 0.406. The first-order valence-electron chi connectivity index (χ1n) is 5.76. The molecule has 1 fully saturated rings. The molecule has 0 radical (unpaired) electrons. The van der Waals surface area contributed by atoms with Crippen LogP contribution in [0.25, 0.3) is 0 Å². The minimum Gasteiger partial charge on any atom is -0.481 e. The second-order valence-corrected chi connectivity index (χ2v) is 5.10. The van der Waals surface area contributed by atoms with E-state index in [1.54, 1.807) is 24.3 Å². The van der Waals surface area contributed by atoms with Crippen molar-refractivity contribution >= 4 is 15.9 Å². The number of aliphatic hydroxyl groups is 4. The molecule has 19 heavy (non-hydrogen) atoms. The number of hydrogen-bond donors (Lipinski definition) is 4. The molecule has 0 amide bonds. The zero-order chi connectivity index (χ0) is 14.0. The van der Waals surface area contributed by atoms with E-state index in [0.717, 1.165) is 0 Å². The Morgan fingerprint density at radius 2 is 1.84 bits per heavy atom. The Hall–Kier alpha value is -0.700. The summed E-state index contributed by atoms with van der Waals surface area (Å²) in [5, 5.41) is 38.4. The Balaban J connectivity index is 2.14. The van der Waals surface area contributed by atoms with Gasteiger partial charge in [0.2, 0.25) is 0 Å². The van der Waals surface area contributed by atoms with Crippen molar-refractivity contribution in [2.24, 2.45) is 0 Å². The molecule has 1 heterocycles. The molecule has 0 aliphatic carbocycles. The van der Waals surface area contributed by atoms with Gasteiger partial charge in [0.05, 0.1) is 11.1 Å². The zero-order valence-corrected chi connectivity index (χ0v) is 11.5. The van der Waals surface area contributed by atoms with E-state index >= 15 is 0 Å². The van der Waals surface area contributed by atoms with Gasteiger partial charge >= 0.3 is 0 Å². The second-order valence-electron chi connectivity index (χ2n) is 4.24. The fourth-order valence-corrected chi connectivity index (χ4v) is 2.26. The molecule has 1 aliphatic heterocycles. The molecule has 4 N–H and O–H groups in total. The van der Waals surface area contributed by atoms with Crippen molar-refractivity contribution in [3.8, 4) is 5.75 Å². The first kappa shape index (κ1) is 14.7. The van der Waals surface area contributed by atoms with E-state index in [2.05, 4.69) is 15.9 Å². The summed E-state index contributed by atoms with van der Waals surface area (Å²) in [6.45, 7) is -0.503. The number of benzene rings is 1. The van der Waals surface area contributed by atoms with E-state index in [-0.39, 0.29) is 0 Å². The molecular weight excluding hydrogens is 320 g/mol. The largest absolute Gasteiger partial charge is 0.481 e. The van der Waals surface area contributed by atoms with Crippen LogP contribution in [0, 0.1) is 0 Å². The predicted octanol–water partition coefficient (Wildman–Crippen LogP) is -0.372. The van der Waals surface area contributed by atoms with Gasteiger partial charge in [-0.3, -0.25) is 0 Å². The van der Waals surface area contributed by atoms with Crippen LogP contribution in [-0.4, -0.2) is 57.7 Å². The third-order valence-electron chi connectivity index (χ3n) is 2.94. The smallest absolute Gasteiger partial charge is 0.195 e. The molecule has 7 heteroatoms. The summed E-state index contributed by atoms with van der Waals surface area (Å²) < 4.78 is 11.1. The number of ether oxygens (including phenoxy) is 2. The number of halogens is 1. The van der Waals surface area contributed by atoms with Gasteiger partial charge < -0.3 is 29.9 Å². The molecule has 1 aromatic carbocycles. The van der Waals surface area contributed by atoms with Crippen LogP contribution >= 0.6 is 15.9 Å². The number of hydrogen-bond acceptors (Lipinski definition) is 6. The number of aliphatic hydroxyl groups excluding tert-OH is 4. The number of para-hydroxylation sites is 1. The number of rotatable bonds is 3. The topological polar surface area (TPSA) is 99.4 Å². The molecule has 0 bridgehead atoms. The van der Waals surface area contributed by atoms with Gasteiger partial charge in [-0.25, -0.2) is 0 Å². The molecule has 2 rings (SSSR count). The highest BCUT2D eigenvalue weighted by molar-refractivity contribution is 9.10. The lowest BCUT2D eigenvalue weighted by Crippen LogP contribution is -2.60. The molecule has 0 saturated carbocycles. The molecule has 5 atom stereocenters. The van der Waals surface area contributed by atoms with E-state index in [1.807, 2.05) is 0 Å². The maximum Gasteiger partial charge on any atom is 0.195 e. The van der Waals surface area contributed by atoms with Crippen LogP contribution in [0.1, 0.15) is 0 Å². The lowest BCUT2D eigenvalue weighted by Gasteiger charge is -2.39. The van der Waals surface area contributed by atoms with Gasteiger partial charge in [0.1, 0.15) is 24.1 Å². The second kappa shape index (κ2) is 6.17. The van der Waals surface area contributed by atoms with Gasteiger partial charge in [-0.2, -0.15) is 0 Å². The van der Waals surface area contributed by atoms with Crippen molar-refractivity contribution in [3.63, 3.8) is 0 Å². The van der Waals surface area contributed by atoms with Gasteiger partial charge in [-0.05, 0) is 28.1 Å². The molecule has 0 spiro atoms. The van der Waals surface area contributed by atoms with Gasteiger partial charge in [0, 0.05) is 0 Å². The Labute approximate surface area is 118 Å². The first-order valence-corrected chi connectivity index (χ1v) is 6.55. The van der Waals surface area contributed by atoms with Crippen LogP contribution in [-0.2, 0) is 4.74 Å². The summed E-state index contributed by atoms with van der Waals surface area (Å²) in [7, 11) is 0. The van der Waals surface area contributed by atoms with Crippen LogP contribution < -0.4 is 4.74 Å². The standard InChI is InChI=1S/C12H15BrO6/c13-6-3-1-2-4-7(6)18-11-10(16)9(15)8(5-14)19-12(11)17/h1-4,8-12,14-17H,5H2/t8-,9-,10+,11-,12-/m1/s1. The third-order valence-corrected chi connectivity index (χ3v) is 3.60. The summed E-state index contributed by atoms with van der Waals surface area (Å²) >= 11 is 3.27. The van der Waals surface area contributed by atoms with Crippen LogP contribution in [0.4, 0.5) is 0 Å². The van der Waals surface area contributed by atoms with Gasteiger partial charge in [0.15, 0.2) is 12.4 Å². The van der Waals surface area contributed by atoms with Crippen LogP contribution in [0.5, 0.6) is 5.75 Å². The van der Waals surface area contributed by atoms with Gasteiger partial charge in [-0.1, -0.05) is 12.1 Å².